The van der Waals surface area contributed by atoms with Gasteiger partial charge in [-0.2, -0.15) is 0 Å². The molecule has 0 radical (unpaired) electrons. The Morgan fingerprint density at radius 2 is 1.95 bits per heavy atom. The lowest BCUT2D eigenvalue weighted by molar-refractivity contribution is -0.385. The van der Waals surface area contributed by atoms with Gasteiger partial charge in [-0.3, -0.25) is 14.9 Å². The van der Waals surface area contributed by atoms with Gasteiger partial charge in [0.05, 0.1) is 10.5 Å². The van der Waals surface area contributed by atoms with E-state index in [9.17, 15) is 14.9 Å². The van der Waals surface area contributed by atoms with Crippen LogP contribution in [-0.4, -0.2) is 49.3 Å². The molecule has 0 amide bonds. The molecule has 0 fully saturated rings. The van der Waals surface area contributed by atoms with Crippen molar-refractivity contribution in [3.05, 3.63) is 33.9 Å². The number of hydrogen-bond acceptors (Lipinski definition) is 5. The highest BCUT2D eigenvalue weighted by Gasteiger charge is 2.19. The van der Waals surface area contributed by atoms with Crippen LogP contribution in [0.4, 0.5) is 11.4 Å². The van der Waals surface area contributed by atoms with Gasteiger partial charge < -0.3 is 9.80 Å². The summed E-state index contributed by atoms with van der Waals surface area (Å²) < 4.78 is 0. The lowest BCUT2D eigenvalue weighted by atomic mass is 10.1. The smallest absolute Gasteiger partial charge is 0.280 e. The highest BCUT2D eigenvalue weighted by molar-refractivity contribution is 5.99. The summed E-state index contributed by atoms with van der Waals surface area (Å²) in [5, 5.41) is 11.0. The van der Waals surface area contributed by atoms with Gasteiger partial charge in [0.2, 0.25) is 0 Å². The quantitative estimate of drug-likeness (QED) is 0.418. The fourth-order valence-electron chi connectivity index (χ4n) is 2.21. The average Bonchev–Trinajstić information content (AvgIpc) is 2.42. The second-order valence-corrected chi connectivity index (χ2v) is 5.25. The van der Waals surface area contributed by atoms with Gasteiger partial charge in [0.1, 0.15) is 0 Å². The Kier molecular flexibility index (Phi) is 6.30. The van der Waals surface area contributed by atoms with E-state index in [-0.39, 0.29) is 17.0 Å². The van der Waals surface area contributed by atoms with Crippen molar-refractivity contribution in [2.45, 2.75) is 20.3 Å². The standard InChI is InChI=1S/C15H23N3O3/c1-5-17(10-6-9-16(3)4)13-7-8-15(18(20)21)14(11-13)12(2)19/h7-8,11H,5-6,9-10H2,1-4H3. The van der Waals surface area contributed by atoms with E-state index in [2.05, 4.69) is 9.80 Å². The van der Waals surface area contributed by atoms with Crippen molar-refractivity contribution in [2.75, 3.05) is 38.6 Å². The number of benzene rings is 1. The molecule has 116 valence electrons. The molecule has 0 saturated heterocycles. The van der Waals surface area contributed by atoms with Gasteiger partial charge in [0.25, 0.3) is 5.69 Å². The van der Waals surface area contributed by atoms with Gasteiger partial charge >= 0.3 is 0 Å². The number of carbonyl (C=O) groups excluding carboxylic acids is 1. The van der Waals surface area contributed by atoms with Crippen molar-refractivity contribution in [2.24, 2.45) is 0 Å². The molecule has 0 atom stereocenters. The molecule has 0 spiro atoms. The largest absolute Gasteiger partial charge is 0.372 e. The molecule has 1 rings (SSSR count). The van der Waals surface area contributed by atoms with Crippen LogP contribution in [0.3, 0.4) is 0 Å². The van der Waals surface area contributed by atoms with E-state index >= 15 is 0 Å². The van der Waals surface area contributed by atoms with E-state index < -0.39 is 4.92 Å². The molecule has 0 N–H and O–H groups in total. The first kappa shape index (κ1) is 17.1. The number of nitro groups is 1. The predicted octanol–water partition coefficient (Wildman–Crippen LogP) is 2.58. The molecule has 0 aliphatic carbocycles. The van der Waals surface area contributed by atoms with Crippen LogP contribution in [0.5, 0.6) is 0 Å². The van der Waals surface area contributed by atoms with Crippen molar-refractivity contribution in [1.82, 2.24) is 4.90 Å². The summed E-state index contributed by atoms with van der Waals surface area (Å²) in [6.45, 7) is 6.01. The minimum atomic E-state index is -0.511. The van der Waals surface area contributed by atoms with Crippen LogP contribution >= 0.6 is 0 Å². The monoisotopic (exact) mass is 293 g/mol. The van der Waals surface area contributed by atoms with Crippen LogP contribution in [0, 0.1) is 10.1 Å². The predicted molar refractivity (Wildman–Crippen MR) is 84.2 cm³/mol. The van der Waals surface area contributed by atoms with Crippen molar-refractivity contribution < 1.29 is 9.72 Å². The van der Waals surface area contributed by atoms with Gasteiger partial charge in [-0.05, 0) is 53.0 Å². The molecule has 0 aromatic heterocycles. The van der Waals surface area contributed by atoms with E-state index in [1.54, 1.807) is 12.1 Å². The van der Waals surface area contributed by atoms with Crippen molar-refractivity contribution in [3.63, 3.8) is 0 Å². The molecule has 0 aliphatic rings. The maximum absolute atomic E-state index is 11.6. The maximum atomic E-state index is 11.6. The molecule has 6 nitrogen and oxygen atoms in total. The Labute approximate surface area is 125 Å². The number of Topliss-reactive ketones (excluding diaryl/α,β-unsaturated/α-hetero) is 1. The number of rotatable bonds is 8. The number of nitro benzene ring substituents is 1. The topological polar surface area (TPSA) is 66.7 Å². The first-order valence-corrected chi connectivity index (χ1v) is 7.05. The lowest BCUT2D eigenvalue weighted by Crippen LogP contribution is -2.27. The van der Waals surface area contributed by atoms with Gasteiger partial charge in [0.15, 0.2) is 5.78 Å². The Morgan fingerprint density at radius 1 is 1.29 bits per heavy atom. The minimum absolute atomic E-state index is 0.129. The van der Waals surface area contributed by atoms with Crippen LogP contribution in [0.1, 0.15) is 30.6 Å². The van der Waals surface area contributed by atoms with Crippen molar-refractivity contribution >= 4 is 17.2 Å². The second-order valence-electron chi connectivity index (χ2n) is 5.25. The summed E-state index contributed by atoms with van der Waals surface area (Å²) in [5.74, 6) is -0.284. The molecule has 0 aliphatic heterocycles. The van der Waals surface area contributed by atoms with Gasteiger partial charge in [-0.15, -0.1) is 0 Å². The average molecular weight is 293 g/mol. The molecular formula is C15H23N3O3. The van der Waals surface area contributed by atoms with E-state index in [1.165, 1.54) is 13.0 Å². The number of hydrogen-bond donors (Lipinski definition) is 0. The summed E-state index contributed by atoms with van der Waals surface area (Å²) >= 11 is 0. The minimum Gasteiger partial charge on any atom is -0.372 e. The lowest BCUT2D eigenvalue weighted by Gasteiger charge is -2.24. The number of nitrogens with zero attached hydrogens (tertiary/aromatic N) is 3. The second kappa shape index (κ2) is 7.73. The fourth-order valence-corrected chi connectivity index (χ4v) is 2.21. The summed E-state index contributed by atoms with van der Waals surface area (Å²) in [4.78, 5) is 26.3. The third-order valence-electron chi connectivity index (χ3n) is 3.34. The van der Waals surface area contributed by atoms with Crippen molar-refractivity contribution in [1.29, 1.82) is 0 Å². The van der Waals surface area contributed by atoms with Crippen LogP contribution in [0.2, 0.25) is 0 Å². The van der Waals surface area contributed by atoms with E-state index in [0.717, 1.165) is 31.7 Å². The highest BCUT2D eigenvalue weighted by Crippen LogP contribution is 2.25. The van der Waals surface area contributed by atoms with Crippen LogP contribution in [0.25, 0.3) is 0 Å². The first-order chi connectivity index (χ1) is 9.86. The number of ketones is 1. The van der Waals surface area contributed by atoms with Crippen LogP contribution in [0.15, 0.2) is 18.2 Å². The number of anilines is 1. The normalized spacial score (nSPS) is 10.7. The number of carbonyl (C=O) groups is 1. The molecule has 0 unspecified atom stereocenters. The fraction of sp³-hybridized carbons (Fsp3) is 0.533. The third kappa shape index (κ3) is 4.82. The Hall–Kier alpha value is -1.95. The van der Waals surface area contributed by atoms with Gasteiger partial charge in [0, 0.05) is 24.8 Å². The van der Waals surface area contributed by atoms with Crippen molar-refractivity contribution in [3.8, 4) is 0 Å². The van der Waals surface area contributed by atoms with Crippen LogP contribution < -0.4 is 4.90 Å². The zero-order valence-corrected chi connectivity index (χ0v) is 13.1. The summed E-state index contributed by atoms with van der Waals surface area (Å²) in [6, 6.07) is 4.75. The van der Waals surface area contributed by atoms with Gasteiger partial charge in [-0.1, -0.05) is 0 Å². The molecular weight excluding hydrogens is 270 g/mol. The molecule has 1 aromatic carbocycles. The molecule has 21 heavy (non-hydrogen) atoms. The first-order valence-electron chi connectivity index (χ1n) is 7.05. The van der Waals surface area contributed by atoms with E-state index in [1.807, 2.05) is 21.0 Å². The van der Waals surface area contributed by atoms with E-state index in [0.29, 0.717) is 0 Å². The zero-order chi connectivity index (χ0) is 16.0. The zero-order valence-electron chi connectivity index (χ0n) is 13.1. The molecule has 0 bridgehead atoms. The van der Waals surface area contributed by atoms with Gasteiger partial charge in [-0.25, -0.2) is 0 Å². The Balaban J connectivity index is 2.97. The summed E-state index contributed by atoms with van der Waals surface area (Å²) in [6.07, 6.45) is 0.993. The maximum Gasteiger partial charge on any atom is 0.280 e. The van der Waals surface area contributed by atoms with Crippen LogP contribution in [-0.2, 0) is 0 Å². The SMILES string of the molecule is CCN(CCCN(C)C)c1ccc([N+](=O)[O-])c(C(C)=O)c1. The molecule has 1 aromatic rings. The molecule has 0 heterocycles. The highest BCUT2D eigenvalue weighted by atomic mass is 16.6. The Morgan fingerprint density at radius 3 is 2.43 bits per heavy atom. The Bertz CT molecular complexity index is 515. The summed E-state index contributed by atoms with van der Waals surface area (Å²) in [5.41, 5.74) is 0.895. The molecule has 0 saturated carbocycles. The third-order valence-corrected chi connectivity index (χ3v) is 3.34. The summed E-state index contributed by atoms with van der Waals surface area (Å²) in [7, 11) is 4.05. The van der Waals surface area contributed by atoms with E-state index in [4.69, 9.17) is 0 Å². The molecule has 6 heteroatoms.